The van der Waals surface area contributed by atoms with Crippen LogP contribution in [0.2, 0.25) is 0 Å². The van der Waals surface area contributed by atoms with Gasteiger partial charge in [-0.3, -0.25) is 0 Å². The lowest BCUT2D eigenvalue weighted by molar-refractivity contribution is -0.0867. The molecule has 1 fully saturated rings. The molecule has 0 spiro atoms. The highest BCUT2D eigenvalue weighted by molar-refractivity contribution is 7.80. The van der Waals surface area contributed by atoms with Gasteiger partial charge in [-0.1, -0.05) is 12.1 Å². The number of rotatable bonds is 2. The van der Waals surface area contributed by atoms with Crippen LogP contribution in [0.5, 0.6) is 0 Å². The van der Waals surface area contributed by atoms with Crippen molar-refractivity contribution in [2.75, 3.05) is 5.32 Å². The minimum absolute atomic E-state index is 0.0527. The van der Waals surface area contributed by atoms with E-state index in [1.807, 2.05) is 18.2 Å². The third kappa shape index (κ3) is 2.47. The van der Waals surface area contributed by atoms with Gasteiger partial charge in [-0.2, -0.15) is 0 Å². The average molecular weight is 242 g/mol. The Kier molecular flexibility index (Phi) is 2.80. The third-order valence-corrected chi connectivity index (χ3v) is 2.82. The Bertz CT molecular complexity index is 412. The topological polar surface area (TPSA) is 38.0 Å². The number of halogens is 2. The van der Waals surface area contributed by atoms with Gasteiger partial charge < -0.3 is 11.1 Å². The monoisotopic (exact) mass is 242 g/mol. The van der Waals surface area contributed by atoms with Crippen LogP contribution in [-0.2, 0) is 0 Å². The zero-order chi connectivity index (χ0) is 11.8. The van der Waals surface area contributed by atoms with Crippen LogP contribution in [0.25, 0.3) is 0 Å². The van der Waals surface area contributed by atoms with Crippen LogP contribution in [0.1, 0.15) is 24.3 Å². The first-order chi connectivity index (χ1) is 7.46. The van der Waals surface area contributed by atoms with E-state index in [0.29, 0.717) is 0 Å². The van der Waals surface area contributed by atoms with Gasteiger partial charge in [0, 0.05) is 18.5 Å². The van der Waals surface area contributed by atoms with Crippen molar-refractivity contribution in [3.05, 3.63) is 29.8 Å². The molecule has 1 aromatic rings. The van der Waals surface area contributed by atoms with E-state index in [4.69, 9.17) is 18.0 Å². The van der Waals surface area contributed by atoms with Crippen LogP contribution in [0, 0.1) is 0 Å². The van der Waals surface area contributed by atoms with Crippen LogP contribution in [-0.4, -0.2) is 11.0 Å². The number of nitrogens with one attached hydrogen (secondary N) is 1. The van der Waals surface area contributed by atoms with Gasteiger partial charge >= 0.3 is 0 Å². The van der Waals surface area contributed by atoms with Crippen molar-refractivity contribution in [2.45, 2.75) is 24.7 Å². The summed E-state index contributed by atoms with van der Waals surface area (Å²) in [5, 5.41) is 2.97. The van der Waals surface area contributed by atoms with Crippen molar-refractivity contribution in [3.8, 4) is 0 Å². The molecule has 0 aromatic heterocycles. The molecule has 86 valence electrons. The summed E-state index contributed by atoms with van der Waals surface area (Å²) < 4.78 is 25.5. The Hall–Kier alpha value is -1.23. The highest BCUT2D eigenvalue weighted by atomic mass is 32.1. The first kappa shape index (κ1) is 11.3. The number of nitrogens with two attached hydrogens (primary N) is 1. The van der Waals surface area contributed by atoms with E-state index in [9.17, 15) is 8.78 Å². The predicted molar refractivity (Wildman–Crippen MR) is 63.8 cm³/mol. The molecule has 3 N–H and O–H groups in total. The van der Waals surface area contributed by atoms with E-state index in [1.54, 1.807) is 6.07 Å². The molecular weight excluding hydrogens is 230 g/mol. The molecule has 16 heavy (non-hydrogen) atoms. The molecule has 0 bridgehead atoms. The maximum absolute atomic E-state index is 12.7. The quantitative estimate of drug-likeness (QED) is 0.783. The number of benzene rings is 1. The van der Waals surface area contributed by atoms with Gasteiger partial charge in [0.1, 0.15) is 0 Å². The Balaban J connectivity index is 2.08. The smallest absolute Gasteiger partial charge is 0.249 e. The highest BCUT2D eigenvalue weighted by Gasteiger charge is 2.45. The van der Waals surface area contributed by atoms with Gasteiger partial charge in [0.15, 0.2) is 5.11 Å². The predicted octanol–water partition coefficient (Wildman–Crippen LogP) is 2.85. The second kappa shape index (κ2) is 3.97. The van der Waals surface area contributed by atoms with Crippen LogP contribution < -0.4 is 11.1 Å². The summed E-state index contributed by atoms with van der Waals surface area (Å²) in [5.41, 5.74) is 7.00. The number of anilines is 1. The first-order valence-electron chi connectivity index (χ1n) is 5.00. The zero-order valence-electron chi connectivity index (χ0n) is 8.54. The largest absolute Gasteiger partial charge is 0.376 e. The molecule has 0 radical (unpaired) electrons. The van der Waals surface area contributed by atoms with Crippen molar-refractivity contribution in [1.29, 1.82) is 0 Å². The molecule has 0 unspecified atom stereocenters. The van der Waals surface area contributed by atoms with Gasteiger partial charge in [0.2, 0.25) is 5.92 Å². The van der Waals surface area contributed by atoms with Gasteiger partial charge in [-0.25, -0.2) is 8.78 Å². The summed E-state index contributed by atoms with van der Waals surface area (Å²) in [6.45, 7) is 0. The Labute approximate surface area is 97.8 Å². The Morgan fingerprint density at radius 2 is 2.12 bits per heavy atom. The molecule has 0 atom stereocenters. The minimum Gasteiger partial charge on any atom is -0.376 e. The molecule has 5 heteroatoms. The summed E-state index contributed by atoms with van der Waals surface area (Å²) in [4.78, 5) is 0. The normalized spacial score (nSPS) is 18.9. The lowest BCUT2D eigenvalue weighted by Crippen LogP contribution is -2.33. The van der Waals surface area contributed by atoms with Gasteiger partial charge in [-0.05, 0) is 35.8 Å². The molecule has 0 saturated heterocycles. The van der Waals surface area contributed by atoms with Crippen molar-refractivity contribution < 1.29 is 8.78 Å². The number of hydrogen-bond donors (Lipinski definition) is 2. The van der Waals surface area contributed by atoms with Crippen molar-refractivity contribution in [1.82, 2.24) is 0 Å². The molecule has 2 rings (SSSR count). The molecule has 1 aliphatic carbocycles. The van der Waals surface area contributed by atoms with Crippen LogP contribution in [0.4, 0.5) is 14.5 Å². The van der Waals surface area contributed by atoms with Gasteiger partial charge in [-0.15, -0.1) is 0 Å². The zero-order valence-corrected chi connectivity index (χ0v) is 9.36. The molecule has 0 aliphatic heterocycles. The molecule has 1 aromatic carbocycles. The molecule has 0 heterocycles. The van der Waals surface area contributed by atoms with Crippen molar-refractivity contribution >= 4 is 23.0 Å². The standard InChI is InChI=1S/C11H12F2N2S/c12-11(13)5-8(6-11)7-2-1-3-9(4-7)15-10(14)16/h1-4,8H,5-6H2,(H3,14,15,16). The Morgan fingerprint density at radius 1 is 1.44 bits per heavy atom. The minimum atomic E-state index is -2.49. The average Bonchev–Trinajstić information content (AvgIpc) is 2.13. The van der Waals surface area contributed by atoms with Crippen LogP contribution in [0.3, 0.4) is 0 Å². The van der Waals surface area contributed by atoms with E-state index >= 15 is 0 Å². The van der Waals surface area contributed by atoms with E-state index in [0.717, 1.165) is 11.3 Å². The third-order valence-electron chi connectivity index (χ3n) is 2.72. The fourth-order valence-corrected chi connectivity index (χ4v) is 2.03. The SMILES string of the molecule is NC(=S)Nc1cccc(C2CC(F)(F)C2)c1. The van der Waals surface area contributed by atoms with Crippen LogP contribution in [0.15, 0.2) is 24.3 Å². The second-order valence-electron chi connectivity index (χ2n) is 4.08. The number of alkyl halides is 2. The molecule has 2 nitrogen and oxygen atoms in total. The summed E-state index contributed by atoms with van der Waals surface area (Å²) in [6, 6.07) is 7.29. The Morgan fingerprint density at radius 3 is 2.69 bits per heavy atom. The van der Waals surface area contributed by atoms with Crippen LogP contribution >= 0.6 is 12.2 Å². The summed E-state index contributed by atoms with van der Waals surface area (Å²) >= 11 is 4.71. The van der Waals surface area contributed by atoms with Gasteiger partial charge in [0.05, 0.1) is 0 Å². The van der Waals surface area contributed by atoms with E-state index < -0.39 is 5.92 Å². The lowest BCUT2D eigenvalue weighted by atomic mass is 9.77. The van der Waals surface area contributed by atoms with E-state index in [1.165, 1.54) is 0 Å². The van der Waals surface area contributed by atoms with Crippen molar-refractivity contribution in [2.24, 2.45) is 5.73 Å². The summed E-state index contributed by atoms with van der Waals surface area (Å²) in [6.07, 6.45) is -0.132. The van der Waals surface area contributed by atoms with E-state index in [-0.39, 0.29) is 23.9 Å². The lowest BCUT2D eigenvalue weighted by Gasteiger charge is -2.35. The fraction of sp³-hybridized carbons (Fsp3) is 0.364. The fourth-order valence-electron chi connectivity index (χ4n) is 1.91. The first-order valence-corrected chi connectivity index (χ1v) is 5.41. The molecule has 0 amide bonds. The summed E-state index contributed by atoms with van der Waals surface area (Å²) in [5.74, 6) is -2.54. The maximum atomic E-state index is 12.7. The van der Waals surface area contributed by atoms with Crippen molar-refractivity contribution in [3.63, 3.8) is 0 Å². The number of hydrogen-bond acceptors (Lipinski definition) is 1. The maximum Gasteiger partial charge on any atom is 0.249 e. The van der Waals surface area contributed by atoms with Gasteiger partial charge in [0.25, 0.3) is 0 Å². The second-order valence-corrected chi connectivity index (χ2v) is 4.52. The number of thiocarbonyl (C=S) groups is 1. The molecule has 1 aliphatic rings. The molecular formula is C11H12F2N2S. The summed E-state index contributed by atoms with van der Waals surface area (Å²) in [7, 11) is 0. The van der Waals surface area contributed by atoms with E-state index in [2.05, 4.69) is 5.32 Å². The molecule has 1 saturated carbocycles. The highest BCUT2D eigenvalue weighted by Crippen LogP contribution is 2.48.